The van der Waals surface area contributed by atoms with Crippen molar-refractivity contribution in [1.82, 2.24) is 5.32 Å². The number of ether oxygens (including phenoxy) is 1. The van der Waals surface area contributed by atoms with Crippen LogP contribution in [0, 0.1) is 5.92 Å². The number of thioether (sulfide) groups is 1. The molecule has 0 aromatic heterocycles. The molecule has 0 heterocycles. The number of halogens is 2. The van der Waals surface area contributed by atoms with Gasteiger partial charge in [0.25, 0.3) is 5.76 Å². The summed E-state index contributed by atoms with van der Waals surface area (Å²) in [7, 11) is 0. The van der Waals surface area contributed by atoms with Gasteiger partial charge in [-0.1, -0.05) is 11.8 Å². The van der Waals surface area contributed by atoms with Crippen LogP contribution in [0.5, 0.6) is 0 Å². The molecule has 0 atom stereocenters. The number of amides is 2. The number of benzene rings is 1. The van der Waals surface area contributed by atoms with E-state index in [1.807, 2.05) is 0 Å². The molecule has 4 nitrogen and oxygen atoms in total. The quantitative estimate of drug-likeness (QED) is 0.533. The summed E-state index contributed by atoms with van der Waals surface area (Å²) in [5.74, 6) is -1.69. The normalized spacial score (nSPS) is 14.1. The van der Waals surface area contributed by atoms with Crippen LogP contribution in [0.2, 0.25) is 0 Å². The first-order chi connectivity index (χ1) is 10.6. The molecule has 0 bridgehead atoms. The zero-order valence-corrected chi connectivity index (χ0v) is 13.0. The van der Waals surface area contributed by atoms with Crippen molar-refractivity contribution in [2.45, 2.75) is 29.9 Å². The van der Waals surface area contributed by atoms with Crippen molar-refractivity contribution >= 4 is 23.5 Å². The number of rotatable bonds is 9. The summed E-state index contributed by atoms with van der Waals surface area (Å²) in [5.41, 5.74) is 0.570. The molecule has 0 saturated heterocycles. The third kappa shape index (κ3) is 7.09. The molecule has 1 aromatic rings. The van der Waals surface area contributed by atoms with E-state index in [-0.39, 0.29) is 6.03 Å². The average molecular weight is 330 g/mol. The number of alkyl halides is 2. The minimum atomic E-state index is -2.44. The molecule has 1 aliphatic carbocycles. The smallest absolute Gasteiger partial charge is 0.319 e. The zero-order valence-electron chi connectivity index (χ0n) is 12.2. The second-order valence-electron chi connectivity index (χ2n) is 5.16. The number of carbonyl (C=O) groups excluding carboxylic acids is 1. The van der Waals surface area contributed by atoms with Gasteiger partial charge in [0.05, 0.1) is 0 Å². The maximum atomic E-state index is 12.2. The number of urea groups is 1. The summed E-state index contributed by atoms with van der Waals surface area (Å²) < 4.78 is 29.8. The zero-order chi connectivity index (χ0) is 15.8. The minimum absolute atomic E-state index is 0.309. The first-order valence-electron chi connectivity index (χ1n) is 7.31. The molecule has 2 amide bonds. The predicted octanol–water partition coefficient (Wildman–Crippen LogP) is 3.94. The standard InChI is InChI=1S/C15H20F2N2O2S/c16-14(17)22-13-6-4-12(5-7-13)19-15(20)18-8-1-9-21-10-11-2-3-11/h4-7,11,14H,1-3,8-10H2,(H2,18,19,20). The van der Waals surface area contributed by atoms with E-state index in [9.17, 15) is 13.6 Å². The maximum absolute atomic E-state index is 12.2. The van der Waals surface area contributed by atoms with Crippen molar-refractivity contribution in [2.75, 3.05) is 25.1 Å². The van der Waals surface area contributed by atoms with Crippen molar-refractivity contribution in [3.8, 4) is 0 Å². The van der Waals surface area contributed by atoms with Gasteiger partial charge in [0.2, 0.25) is 0 Å². The third-order valence-electron chi connectivity index (χ3n) is 3.14. The summed E-state index contributed by atoms with van der Waals surface area (Å²) >= 11 is 0.478. The van der Waals surface area contributed by atoms with Gasteiger partial charge in [-0.25, -0.2) is 4.79 Å². The van der Waals surface area contributed by atoms with E-state index < -0.39 is 5.76 Å². The molecular weight excluding hydrogens is 310 g/mol. The van der Waals surface area contributed by atoms with Gasteiger partial charge in [0.15, 0.2) is 0 Å². The van der Waals surface area contributed by atoms with Crippen LogP contribution in [0.15, 0.2) is 29.2 Å². The highest BCUT2D eigenvalue weighted by molar-refractivity contribution is 7.99. The Morgan fingerprint density at radius 1 is 1.32 bits per heavy atom. The lowest BCUT2D eigenvalue weighted by molar-refractivity contribution is 0.122. The van der Waals surface area contributed by atoms with E-state index in [0.717, 1.165) is 18.9 Å². The number of nitrogens with one attached hydrogen (secondary N) is 2. The van der Waals surface area contributed by atoms with Crippen molar-refractivity contribution in [1.29, 1.82) is 0 Å². The fourth-order valence-corrected chi connectivity index (χ4v) is 2.30. The first-order valence-corrected chi connectivity index (χ1v) is 8.19. The molecule has 0 radical (unpaired) electrons. The van der Waals surface area contributed by atoms with Crippen LogP contribution >= 0.6 is 11.8 Å². The molecule has 1 aromatic carbocycles. The molecular formula is C15H20F2N2O2S. The Morgan fingerprint density at radius 2 is 2.05 bits per heavy atom. The molecule has 122 valence electrons. The second kappa shape index (κ2) is 8.95. The lowest BCUT2D eigenvalue weighted by atomic mass is 10.3. The van der Waals surface area contributed by atoms with E-state index in [0.29, 0.717) is 35.5 Å². The summed E-state index contributed by atoms with van der Waals surface area (Å²) in [5, 5.41) is 5.38. The van der Waals surface area contributed by atoms with Gasteiger partial charge in [-0.05, 0) is 49.4 Å². The van der Waals surface area contributed by atoms with Crippen LogP contribution in [0.3, 0.4) is 0 Å². The molecule has 1 fully saturated rings. The van der Waals surface area contributed by atoms with Crippen LogP contribution in [0.1, 0.15) is 19.3 Å². The van der Waals surface area contributed by atoms with Crippen molar-refractivity contribution in [3.63, 3.8) is 0 Å². The molecule has 0 unspecified atom stereocenters. The monoisotopic (exact) mass is 330 g/mol. The number of hydrogen-bond acceptors (Lipinski definition) is 3. The molecule has 1 aliphatic rings. The van der Waals surface area contributed by atoms with E-state index in [1.54, 1.807) is 24.3 Å². The third-order valence-corrected chi connectivity index (χ3v) is 3.86. The van der Waals surface area contributed by atoms with Crippen molar-refractivity contribution < 1.29 is 18.3 Å². The number of hydrogen-bond donors (Lipinski definition) is 2. The van der Waals surface area contributed by atoms with E-state index >= 15 is 0 Å². The first kappa shape index (κ1) is 17.0. The molecule has 1 saturated carbocycles. The maximum Gasteiger partial charge on any atom is 0.319 e. The van der Waals surface area contributed by atoms with Gasteiger partial charge in [-0.15, -0.1) is 0 Å². The molecule has 0 aliphatic heterocycles. The average Bonchev–Trinajstić information content (AvgIpc) is 3.28. The van der Waals surface area contributed by atoms with Crippen molar-refractivity contribution in [3.05, 3.63) is 24.3 Å². The highest BCUT2D eigenvalue weighted by Crippen LogP contribution is 2.28. The number of anilines is 1. The Bertz CT molecular complexity index is 467. The topological polar surface area (TPSA) is 50.4 Å². The van der Waals surface area contributed by atoms with Crippen LogP contribution in [-0.4, -0.2) is 31.5 Å². The Hall–Kier alpha value is -1.34. The summed E-state index contributed by atoms with van der Waals surface area (Å²) in [6, 6.07) is 6.00. The van der Waals surface area contributed by atoms with E-state index in [2.05, 4.69) is 10.6 Å². The predicted molar refractivity (Wildman–Crippen MR) is 83.5 cm³/mol. The van der Waals surface area contributed by atoms with Gasteiger partial charge in [-0.2, -0.15) is 8.78 Å². The highest BCUT2D eigenvalue weighted by atomic mass is 32.2. The Balaban J connectivity index is 1.57. The van der Waals surface area contributed by atoms with Crippen LogP contribution in [-0.2, 0) is 4.74 Å². The molecule has 7 heteroatoms. The largest absolute Gasteiger partial charge is 0.381 e. The van der Waals surface area contributed by atoms with Crippen LogP contribution in [0.25, 0.3) is 0 Å². The van der Waals surface area contributed by atoms with Gasteiger partial charge in [0, 0.05) is 30.3 Å². The molecule has 2 rings (SSSR count). The molecule has 0 spiro atoms. The molecule has 22 heavy (non-hydrogen) atoms. The Labute approximate surface area is 133 Å². The van der Waals surface area contributed by atoms with Crippen LogP contribution < -0.4 is 10.6 Å². The van der Waals surface area contributed by atoms with Gasteiger partial charge in [-0.3, -0.25) is 0 Å². The van der Waals surface area contributed by atoms with Gasteiger partial charge < -0.3 is 15.4 Å². The Kier molecular flexibility index (Phi) is 6.92. The summed E-state index contributed by atoms with van der Waals surface area (Å²) in [6.45, 7) is 2.02. The Morgan fingerprint density at radius 3 is 2.68 bits per heavy atom. The summed E-state index contributed by atoms with van der Waals surface area (Å²) in [6.07, 6.45) is 3.31. The van der Waals surface area contributed by atoms with Crippen molar-refractivity contribution in [2.24, 2.45) is 5.92 Å². The number of carbonyl (C=O) groups is 1. The fourth-order valence-electron chi connectivity index (χ4n) is 1.81. The van der Waals surface area contributed by atoms with E-state index in [1.165, 1.54) is 12.8 Å². The van der Waals surface area contributed by atoms with Crippen LogP contribution in [0.4, 0.5) is 19.3 Å². The summed E-state index contributed by atoms with van der Waals surface area (Å²) in [4.78, 5) is 12.1. The molecule has 2 N–H and O–H groups in total. The highest BCUT2D eigenvalue weighted by Gasteiger charge is 2.20. The SMILES string of the molecule is O=C(NCCCOCC1CC1)Nc1ccc(SC(F)F)cc1. The second-order valence-corrected chi connectivity index (χ2v) is 6.22. The fraction of sp³-hybridized carbons (Fsp3) is 0.533. The minimum Gasteiger partial charge on any atom is -0.381 e. The lowest BCUT2D eigenvalue weighted by Crippen LogP contribution is -2.30. The van der Waals surface area contributed by atoms with E-state index in [4.69, 9.17) is 4.74 Å². The van der Waals surface area contributed by atoms with Gasteiger partial charge in [0.1, 0.15) is 0 Å². The van der Waals surface area contributed by atoms with Gasteiger partial charge >= 0.3 is 6.03 Å². The lowest BCUT2D eigenvalue weighted by Gasteiger charge is -2.08.